The third-order valence-electron chi connectivity index (χ3n) is 7.21. The summed E-state index contributed by atoms with van der Waals surface area (Å²) in [5, 5.41) is 0. The lowest BCUT2D eigenvalue weighted by atomic mass is 10.0. The van der Waals surface area contributed by atoms with Crippen molar-refractivity contribution in [2.45, 2.75) is 6.42 Å². The summed E-state index contributed by atoms with van der Waals surface area (Å²) in [6, 6.07) is 48.6. The molecule has 0 aromatic heterocycles. The zero-order valence-electron chi connectivity index (χ0n) is 25.4. The topological polar surface area (TPSA) is 77.3 Å². The van der Waals surface area contributed by atoms with E-state index in [4.69, 9.17) is 9.47 Å². The van der Waals surface area contributed by atoms with Crippen LogP contribution in [-0.2, 0) is 6.42 Å². The predicted octanol–water partition coefficient (Wildman–Crippen LogP) is 9.22. The normalized spacial score (nSPS) is 11.1. The molecule has 0 radical (unpaired) electrons. The predicted molar refractivity (Wildman–Crippen MR) is 186 cm³/mol. The molecule has 6 aromatic carbocycles. The second kappa shape index (κ2) is 15.1. The van der Waals surface area contributed by atoms with Crippen molar-refractivity contribution in [2.75, 3.05) is 0 Å². The molecule has 0 saturated heterocycles. The van der Waals surface area contributed by atoms with E-state index in [2.05, 4.69) is 34.3 Å². The van der Waals surface area contributed by atoms with Gasteiger partial charge >= 0.3 is 11.9 Å². The van der Waals surface area contributed by atoms with Crippen LogP contribution in [0.4, 0.5) is 11.4 Å². The monoisotopic (exact) mass is 614 g/mol. The van der Waals surface area contributed by atoms with Crippen LogP contribution in [0.2, 0.25) is 0 Å². The first kappa shape index (κ1) is 30.6. The maximum absolute atomic E-state index is 12.2. The Kier molecular flexibility index (Phi) is 9.81. The van der Waals surface area contributed by atoms with Crippen molar-refractivity contribution < 1.29 is 19.1 Å². The molecule has 6 nitrogen and oxygen atoms in total. The van der Waals surface area contributed by atoms with Gasteiger partial charge in [0.2, 0.25) is 0 Å². The van der Waals surface area contributed by atoms with E-state index in [1.54, 1.807) is 85.2 Å². The second-order valence-electron chi connectivity index (χ2n) is 10.7. The molecule has 0 aliphatic rings. The number of aliphatic imine (C=N–C) groups is 2. The summed E-state index contributed by atoms with van der Waals surface area (Å²) >= 11 is 0. The summed E-state index contributed by atoms with van der Waals surface area (Å²) in [5.74, 6) is 0.188. The summed E-state index contributed by atoms with van der Waals surface area (Å²) in [4.78, 5) is 33.6. The molecule has 0 unspecified atom stereocenters. The van der Waals surface area contributed by atoms with Crippen molar-refractivity contribution in [1.29, 1.82) is 0 Å². The Balaban J connectivity index is 0.976. The van der Waals surface area contributed by atoms with Gasteiger partial charge in [0, 0.05) is 12.4 Å². The number of nitrogens with zero attached hydrogens (tertiary/aromatic N) is 2. The van der Waals surface area contributed by atoms with Crippen LogP contribution >= 0.6 is 0 Å². The first-order chi connectivity index (χ1) is 23.1. The minimum absolute atomic E-state index is 0.388. The van der Waals surface area contributed by atoms with Crippen molar-refractivity contribution in [3.05, 3.63) is 191 Å². The number of hydrogen-bond donors (Lipinski definition) is 0. The van der Waals surface area contributed by atoms with Gasteiger partial charge in [-0.15, -0.1) is 0 Å². The highest BCUT2D eigenvalue weighted by molar-refractivity contribution is 5.92. The van der Waals surface area contributed by atoms with E-state index in [0.717, 1.165) is 28.9 Å². The molecule has 0 fully saturated rings. The number of benzene rings is 6. The van der Waals surface area contributed by atoms with Crippen LogP contribution in [0.25, 0.3) is 0 Å². The number of rotatable bonds is 10. The Bertz CT molecular complexity index is 1840. The quantitative estimate of drug-likeness (QED) is 0.0876. The lowest BCUT2D eigenvalue weighted by Gasteiger charge is -2.05. The van der Waals surface area contributed by atoms with E-state index in [0.29, 0.717) is 22.6 Å². The third-order valence-corrected chi connectivity index (χ3v) is 7.21. The van der Waals surface area contributed by atoms with Gasteiger partial charge in [-0.3, -0.25) is 9.98 Å². The summed E-state index contributed by atoms with van der Waals surface area (Å²) in [5.41, 5.74) is 6.87. The van der Waals surface area contributed by atoms with Crippen LogP contribution < -0.4 is 9.47 Å². The SMILES string of the molecule is O=C(Oc1ccc(C=Nc2ccc(Cc3ccc(N=Cc4ccc(OC(=O)c5ccccc5)cc4)cc3)cc2)cc1)c1ccccc1. The summed E-state index contributed by atoms with van der Waals surface area (Å²) in [6.07, 6.45) is 4.36. The molecule has 0 aliphatic carbocycles. The van der Waals surface area contributed by atoms with Gasteiger partial charge in [0.1, 0.15) is 11.5 Å². The van der Waals surface area contributed by atoms with Crippen LogP contribution in [0, 0.1) is 0 Å². The second-order valence-corrected chi connectivity index (χ2v) is 10.7. The van der Waals surface area contributed by atoms with E-state index < -0.39 is 0 Å². The molecule has 0 heterocycles. The Morgan fingerprint density at radius 1 is 0.447 bits per heavy atom. The van der Waals surface area contributed by atoms with E-state index in [1.165, 1.54) is 11.1 Å². The van der Waals surface area contributed by atoms with Gasteiger partial charge in [0.15, 0.2) is 0 Å². The smallest absolute Gasteiger partial charge is 0.343 e. The van der Waals surface area contributed by atoms with Gasteiger partial charge in [-0.1, -0.05) is 60.7 Å². The lowest BCUT2D eigenvalue weighted by molar-refractivity contribution is 0.0725. The van der Waals surface area contributed by atoms with Crippen LogP contribution in [0.1, 0.15) is 43.0 Å². The number of carbonyl (C=O) groups excluding carboxylic acids is 2. The summed E-state index contributed by atoms with van der Waals surface area (Å²) < 4.78 is 10.9. The first-order valence-electron chi connectivity index (χ1n) is 15.1. The van der Waals surface area contributed by atoms with Crippen LogP contribution in [-0.4, -0.2) is 24.4 Å². The van der Waals surface area contributed by atoms with Crippen molar-refractivity contribution in [2.24, 2.45) is 9.98 Å². The highest BCUT2D eigenvalue weighted by atomic mass is 16.5. The van der Waals surface area contributed by atoms with Crippen LogP contribution in [0.5, 0.6) is 11.5 Å². The fraction of sp³-hybridized carbons (Fsp3) is 0.0244. The Morgan fingerprint density at radius 3 is 1.17 bits per heavy atom. The Labute approximate surface area is 273 Å². The average molecular weight is 615 g/mol. The van der Waals surface area contributed by atoms with Crippen molar-refractivity contribution in [3.63, 3.8) is 0 Å². The molecule has 228 valence electrons. The van der Waals surface area contributed by atoms with Crippen molar-refractivity contribution in [3.8, 4) is 11.5 Å². The highest BCUT2D eigenvalue weighted by Gasteiger charge is 2.08. The fourth-order valence-electron chi connectivity index (χ4n) is 4.66. The number of carbonyl (C=O) groups is 2. The summed E-state index contributed by atoms with van der Waals surface area (Å²) in [7, 11) is 0. The van der Waals surface area contributed by atoms with Crippen molar-refractivity contribution >= 4 is 35.7 Å². The van der Waals surface area contributed by atoms with E-state index in [9.17, 15) is 9.59 Å². The minimum atomic E-state index is -0.388. The molecule has 6 aromatic rings. The molecule has 6 heteroatoms. The third kappa shape index (κ3) is 8.84. The average Bonchev–Trinajstić information content (AvgIpc) is 3.13. The van der Waals surface area contributed by atoms with Gasteiger partial charge in [-0.05, 0) is 126 Å². The van der Waals surface area contributed by atoms with Gasteiger partial charge in [-0.25, -0.2) is 9.59 Å². The Morgan fingerprint density at radius 2 is 0.809 bits per heavy atom. The molecular weight excluding hydrogens is 584 g/mol. The molecule has 0 spiro atoms. The zero-order chi connectivity index (χ0) is 32.3. The van der Waals surface area contributed by atoms with Crippen LogP contribution in [0.3, 0.4) is 0 Å². The van der Waals surface area contributed by atoms with Gasteiger partial charge in [0.05, 0.1) is 22.5 Å². The molecule has 6 rings (SSSR count). The van der Waals surface area contributed by atoms with E-state index in [-0.39, 0.29) is 11.9 Å². The first-order valence-corrected chi connectivity index (χ1v) is 15.1. The summed E-state index contributed by atoms with van der Waals surface area (Å²) in [6.45, 7) is 0. The number of hydrogen-bond acceptors (Lipinski definition) is 6. The molecule has 0 saturated carbocycles. The van der Waals surface area contributed by atoms with Crippen molar-refractivity contribution in [1.82, 2.24) is 0 Å². The fourth-order valence-corrected chi connectivity index (χ4v) is 4.66. The highest BCUT2D eigenvalue weighted by Crippen LogP contribution is 2.20. The van der Waals surface area contributed by atoms with Gasteiger partial charge in [-0.2, -0.15) is 0 Å². The molecule has 0 atom stereocenters. The standard InChI is InChI=1S/C41H30N2O4/c44-40(34-7-3-1-4-8-34)46-38-23-15-32(16-24-38)28-42-36-19-11-30(12-20-36)27-31-13-21-37(22-14-31)43-29-33-17-25-39(26-18-33)47-41(45)35-9-5-2-6-10-35/h1-26,28-29H,27H2. The zero-order valence-corrected chi connectivity index (χ0v) is 25.4. The Hall–Kier alpha value is -6.40. The maximum Gasteiger partial charge on any atom is 0.343 e. The minimum Gasteiger partial charge on any atom is -0.423 e. The largest absolute Gasteiger partial charge is 0.423 e. The molecular formula is C41H30N2O4. The maximum atomic E-state index is 12.2. The van der Waals surface area contributed by atoms with E-state index >= 15 is 0 Å². The number of ether oxygens (including phenoxy) is 2. The molecule has 47 heavy (non-hydrogen) atoms. The molecule has 0 amide bonds. The van der Waals surface area contributed by atoms with Crippen LogP contribution in [0.15, 0.2) is 168 Å². The molecule has 0 N–H and O–H groups in total. The molecule has 0 aliphatic heterocycles. The number of esters is 2. The molecule has 0 bridgehead atoms. The van der Waals surface area contributed by atoms with Gasteiger partial charge < -0.3 is 9.47 Å². The lowest BCUT2D eigenvalue weighted by Crippen LogP contribution is -2.07. The van der Waals surface area contributed by atoms with Gasteiger partial charge in [0.25, 0.3) is 0 Å². The van der Waals surface area contributed by atoms with E-state index in [1.807, 2.05) is 60.7 Å².